The number of phenols is 1. The van der Waals surface area contributed by atoms with Crippen LogP contribution in [0.1, 0.15) is 61.2 Å². The largest absolute Gasteiger partial charge is 0.507 e. The van der Waals surface area contributed by atoms with E-state index in [1.54, 1.807) is 0 Å². The van der Waals surface area contributed by atoms with Crippen LogP contribution in [0, 0.1) is 0 Å². The van der Waals surface area contributed by atoms with Gasteiger partial charge in [-0.05, 0) is 47.1 Å². The van der Waals surface area contributed by atoms with E-state index in [1.807, 2.05) is 41.3 Å². The minimum Gasteiger partial charge on any atom is -0.507 e. The standard InChI is InChI=1S/C29H35N3O5/c1-29(2,12-4-3-8-27(34)32-14-16-36-17-15-32)23-9-10-24(25(33)19-23)22-7-5-6-21(18-22)20-30-28(35)26-11-13-31-37-26/h5-7,9-11,13,18-19,33H,3-4,8,12,14-17,20H2,1-2H3,(H,30,35). The Hall–Kier alpha value is -3.65. The molecule has 37 heavy (non-hydrogen) atoms. The van der Waals surface area contributed by atoms with Crippen LogP contribution < -0.4 is 5.32 Å². The molecule has 1 aromatic heterocycles. The Morgan fingerprint density at radius 2 is 1.89 bits per heavy atom. The van der Waals surface area contributed by atoms with E-state index in [9.17, 15) is 14.7 Å². The maximum atomic E-state index is 12.4. The zero-order chi connectivity index (χ0) is 26.3. The molecule has 1 fully saturated rings. The summed E-state index contributed by atoms with van der Waals surface area (Å²) in [4.78, 5) is 26.4. The molecule has 0 atom stereocenters. The van der Waals surface area contributed by atoms with Gasteiger partial charge in [-0.15, -0.1) is 0 Å². The van der Waals surface area contributed by atoms with Crippen LogP contribution >= 0.6 is 0 Å². The van der Waals surface area contributed by atoms with Crippen LogP contribution in [0.5, 0.6) is 5.75 Å². The predicted octanol–water partition coefficient (Wildman–Crippen LogP) is 4.67. The zero-order valence-corrected chi connectivity index (χ0v) is 21.5. The number of amides is 2. The number of hydrogen-bond acceptors (Lipinski definition) is 6. The lowest BCUT2D eigenvalue weighted by atomic mass is 9.79. The summed E-state index contributed by atoms with van der Waals surface area (Å²) in [6.45, 7) is 7.30. The first kappa shape index (κ1) is 26.4. The first-order chi connectivity index (χ1) is 17.8. The number of phenolic OH excluding ortho intramolecular Hbond substituents is 1. The van der Waals surface area contributed by atoms with Crippen molar-refractivity contribution in [1.29, 1.82) is 0 Å². The lowest BCUT2D eigenvalue weighted by Crippen LogP contribution is -2.40. The molecular weight excluding hydrogens is 470 g/mol. The maximum absolute atomic E-state index is 12.4. The molecule has 2 aromatic carbocycles. The van der Waals surface area contributed by atoms with Gasteiger partial charge in [0.15, 0.2) is 0 Å². The smallest absolute Gasteiger partial charge is 0.290 e. The van der Waals surface area contributed by atoms with Crippen molar-refractivity contribution in [2.75, 3.05) is 26.3 Å². The van der Waals surface area contributed by atoms with Crippen LogP contribution in [-0.2, 0) is 21.5 Å². The molecule has 3 aromatic rings. The monoisotopic (exact) mass is 505 g/mol. The summed E-state index contributed by atoms with van der Waals surface area (Å²) in [6, 6.07) is 15.1. The molecule has 196 valence electrons. The number of nitrogens with one attached hydrogen (secondary N) is 1. The number of ether oxygens (including phenoxy) is 1. The van der Waals surface area contributed by atoms with Crippen LogP contribution in [-0.4, -0.2) is 53.3 Å². The minimum atomic E-state index is -0.331. The van der Waals surface area contributed by atoms with E-state index < -0.39 is 0 Å². The van der Waals surface area contributed by atoms with E-state index in [2.05, 4.69) is 30.4 Å². The summed E-state index contributed by atoms with van der Waals surface area (Å²) in [5, 5.41) is 17.2. The number of aromatic nitrogens is 1. The molecule has 2 N–H and O–H groups in total. The second-order valence-electron chi connectivity index (χ2n) is 10.1. The van der Waals surface area contributed by atoms with Crippen molar-refractivity contribution >= 4 is 11.8 Å². The fourth-order valence-electron chi connectivity index (χ4n) is 4.61. The summed E-state index contributed by atoms with van der Waals surface area (Å²) in [7, 11) is 0. The van der Waals surface area contributed by atoms with Crippen LogP contribution in [0.15, 0.2) is 59.3 Å². The Balaban J connectivity index is 1.33. The molecule has 1 aliphatic heterocycles. The van der Waals surface area contributed by atoms with Crippen LogP contribution in [0.2, 0.25) is 0 Å². The molecule has 0 aliphatic carbocycles. The Morgan fingerprint density at radius 3 is 2.62 bits per heavy atom. The topological polar surface area (TPSA) is 105 Å². The molecule has 2 amide bonds. The van der Waals surface area contributed by atoms with E-state index in [0.717, 1.165) is 41.5 Å². The lowest BCUT2D eigenvalue weighted by molar-refractivity contribution is -0.135. The van der Waals surface area contributed by atoms with E-state index in [1.165, 1.54) is 12.3 Å². The van der Waals surface area contributed by atoms with Gasteiger partial charge in [0.05, 0.1) is 19.4 Å². The summed E-state index contributed by atoms with van der Waals surface area (Å²) < 4.78 is 10.2. The number of carbonyl (C=O) groups excluding carboxylic acids is 2. The van der Waals surface area contributed by atoms with Gasteiger partial charge in [-0.2, -0.15) is 0 Å². The van der Waals surface area contributed by atoms with Gasteiger partial charge in [-0.25, -0.2) is 0 Å². The SMILES string of the molecule is CC(C)(CCCCC(=O)N1CCOCC1)c1ccc(-c2cccc(CNC(=O)c3ccno3)c2)c(O)c1. The first-order valence-corrected chi connectivity index (χ1v) is 12.8. The Morgan fingerprint density at radius 1 is 1.08 bits per heavy atom. The average molecular weight is 506 g/mol. The number of benzene rings is 2. The molecule has 0 radical (unpaired) electrons. The highest BCUT2D eigenvalue weighted by Gasteiger charge is 2.23. The fraction of sp³-hybridized carbons (Fsp3) is 0.414. The average Bonchev–Trinajstić information content (AvgIpc) is 3.45. The van der Waals surface area contributed by atoms with Gasteiger partial charge in [0.25, 0.3) is 5.91 Å². The number of rotatable bonds is 10. The van der Waals surface area contributed by atoms with E-state index >= 15 is 0 Å². The lowest BCUT2D eigenvalue weighted by Gasteiger charge is -2.28. The third-order valence-electron chi connectivity index (χ3n) is 6.94. The van der Waals surface area contributed by atoms with Crippen LogP contribution in [0.25, 0.3) is 11.1 Å². The predicted molar refractivity (Wildman–Crippen MR) is 140 cm³/mol. The second kappa shape index (κ2) is 12.1. The Bertz CT molecular complexity index is 1200. The molecule has 8 heteroatoms. The summed E-state index contributed by atoms with van der Waals surface area (Å²) in [6.07, 6.45) is 4.70. The van der Waals surface area contributed by atoms with Crippen molar-refractivity contribution in [1.82, 2.24) is 15.4 Å². The van der Waals surface area contributed by atoms with Gasteiger partial charge < -0.3 is 24.6 Å². The van der Waals surface area contributed by atoms with Crippen LogP contribution in [0.3, 0.4) is 0 Å². The number of unbranched alkanes of at least 4 members (excludes halogenated alkanes) is 1. The number of nitrogens with zero attached hydrogens (tertiary/aromatic N) is 2. The summed E-state index contributed by atoms with van der Waals surface area (Å²) in [5.41, 5.74) is 3.43. The molecular formula is C29H35N3O5. The van der Waals surface area contributed by atoms with E-state index in [4.69, 9.17) is 9.26 Å². The number of carbonyl (C=O) groups is 2. The number of aromatic hydroxyl groups is 1. The molecule has 1 aliphatic rings. The molecule has 0 spiro atoms. The van der Waals surface area contributed by atoms with Gasteiger partial charge in [0, 0.05) is 37.7 Å². The van der Waals surface area contributed by atoms with E-state index in [0.29, 0.717) is 39.3 Å². The summed E-state index contributed by atoms with van der Waals surface area (Å²) in [5.74, 6) is 0.261. The van der Waals surface area contributed by atoms with Crippen molar-refractivity contribution < 1.29 is 24.0 Å². The van der Waals surface area contributed by atoms with Crippen molar-refractivity contribution in [3.8, 4) is 16.9 Å². The molecule has 4 rings (SSSR count). The molecule has 0 saturated carbocycles. The molecule has 2 heterocycles. The molecule has 0 unspecified atom stereocenters. The van der Waals surface area contributed by atoms with Crippen LogP contribution in [0.4, 0.5) is 0 Å². The number of hydrogen-bond donors (Lipinski definition) is 2. The third kappa shape index (κ3) is 6.98. The normalized spacial score (nSPS) is 13.9. The fourth-order valence-corrected chi connectivity index (χ4v) is 4.61. The van der Waals surface area contributed by atoms with Gasteiger partial charge in [0.2, 0.25) is 11.7 Å². The van der Waals surface area contributed by atoms with Gasteiger partial charge >= 0.3 is 0 Å². The molecule has 0 bridgehead atoms. The highest BCUT2D eigenvalue weighted by atomic mass is 16.5. The maximum Gasteiger partial charge on any atom is 0.290 e. The van der Waals surface area contributed by atoms with Crippen molar-refractivity contribution in [3.05, 3.63) is 71.6 Å². The van der Waals surface area contributed by atoms with Gasteiger partial charge in [0.1, 0.15) is 5.75 Å². The van der Waals surface area contributed by atoms with E-state index in [-0.39, 0.29) is 28.7 Å². The first-order valence-electron chi connectivity index (χ1n) is 12.8. The Labute approximate surface area is 217 Å². The quantitative estimate of drug-likeness (QED) is 0.388. The third-order valence-corrected chi connectivity index (χ3v) is 6.94. The summed E-state index contributed by atoms with van der Waals surface area (Å²) >= 11 is 0. The number of morpholine rings is 1. The van der Waals surface area contributed by atoms with Crippen molar-refractivity contribution in [2.45, 2.75) is 51.5 Å². The van der Waals surface area contributed by atoms with Gasteiger partial charge in [-0.1, -0.05) is 55.8 Å². The van der Waals surface area contributed by atoms with Crippen molar-refractivity contribution in [3.63, 3.8) is 0 Å². The Kier molecular flexibility index (Phi) is 8.61. The molecule has 8 nitrogen and oxygen atoms in total. The van der Waals surface area contributed by atoms with Gasteiger partial charge in [-0.3, -0.25) is 9.59 Å². The zero-order valence-electron chi connectivity index (χ0n) is 21.5. The highest BCUT2D eigenvalue weighted by molar-refractivity contribution is 5.91. The molecule has 1 saturated heterocycles. The van der Waals surface area contributed by atoms with Crippen molar-refractivity contribution in [2.24, 2.45) is 0 Å². The minimum absolute atomic E-state index is 0.134. The second-order valence-corrected chi connectivity index (χ2v) is 10.1. The highest BCUT2D eigenvalue weighted by Crippen LogP contribution is 2.36.